The fourth-order valence-electron chi connectivity index (χ4n) is 2.50. The molecule has 128 valence electrons. The molecule has 5 heteroatoms. The van der Waals surface area contributed by atoms with Crippen LogP contribution in [0.1, 0.15) is 35.7 Å². The van der Waals surface area contributed by atoms with Crippen molar-refractivity contribution in [2.75, 3.05) is 12.4 Å². The van der Waals surface area contributed by atoms with Crippen molar-refractivity contribution in [3.05, 3.63) is 65.0 Å². The van der Waals surface area contributed by atoms with Gasteiger partial charge in [0.05, 0.1) is 18.4 Å². The van der Waals surface area contributed by atoms with Crippen LogP contribution >= 0.6 is 11.3 Å². The molecule has 25 heavy (non-hydrogen) atoms. The minimum Gasteiger partial charge on any atom is -0.496 e. The molecule has 4 nitrogen and oxygen atoms in total. The van der Waals surface area contributed by atoms with Crippen LogP contribution in [0.4, 0.5) is 5.13 Å². The number of carbonyl (C=O) groups is 1. The molecular weight excluding hydrogens is 332 g/mol. The lowest BCUT2D eigenvalue weighted by Crippen LogP contribution is -2.12. The molecule has 1 N–H and O–H groups in total. The summed E-state index contributed by atoms with van der Waals surface area (Å²) >= 11 is 1.41. The van der Waals surface area contributed by atoms with E-state index in [-0.39, 0.29) is 5.91 Å². The number of rotatable bonds is 5. The summed E-state index contributed by atoms with van der Waals surface area (Å²) < 4.78 is 5.23. The van der Waals surface area contributed by atoms with Crippen molar-refractivity contribution in [1.29, 1.82) is 0 Å². The van der Waals surface area contributed by atoms with Gasteiger partial charge in [0, 0.05) is 10.9 Å². The van der Waals surface area contributed by atoms with Crippen LogP contribution in [0.2, 0.25) is 0 Å². The summed E-state index contributed by atoms with van der Waals surface area (Å²) in [5, 5.41) is 5.36. The van der Waals surface area contributed by atoms with Gasteiger partial charge in [0.1, 0.15) is 5.75 Å². The first kappa shape index (κ1) is 17.2. The molecule has 0 saturated carbocycles. The topological polar surface area (TPSA) is 51.2 Å². The Bertz CT molecular complexity index is 869. The highest BCUT2D eigenvalue weighted by Gasteiger charge is 2.14. The maximum Gasteiger partial charge on any atom is 0.261 e. The number of nitrogens with one attached hydrogen (secondary N) is 1. The number of nitrogens with zero attached hydrogens (tertiary/aromatic N) is 1. The number of ether oxygens (including phenoxy) is 1. The van der Waals surface area contributed by atoms with Crippen molar-refractivity contribution in [2.24, 2.45) is 0 Å². The lowest BCUT2D eigenvalue weighted by molar-refractivity contribution is 0.102. The van der Waals surface area contributed by atoms with E-state index < -0.39 is 0 Å². The number of carbonyl (C=O) groups excluding carboxylic acids is 1. The second kappa shape index (κ2) is 7.49. The van der Waals surface area contributed by atoms with E-state index in [0.717, 1.165) is 11.3 Å². The van der Waals surface area contributed by atoms with Gasteiger partial charge in [0.25, 0.3) is 5.91 Å². The summed E-state index contributed by atoms with van der Waals surface area (Å²) in [6, 6.07) is 15.5. The number of anilines is 1. The number of para-hydroxylation sites is 1. The monoisotopic (exact) mass is 352 g/mol. The summed E-state index contributed by atoms with van der Waals surface area (Å²) in [7, 11) is 1.55. The number of benzene rings is 2. The van der Waals surface area contributed by atoms with E-state index in [1.807, 2.05) is 11.4 Å². The third-order valence-electron chi connectivity index (χ3n) is 3.95. The van der Waals surface area contributed by atoms with E-state index >= 15 is 0 Å². The zero-order valence-electron chi connectivity index (χ0n) is 14.4. The number of hydrogen-bond donors (Lipinski definition) is 1. The maximum absolute atomic E-state index is 12.4. The third-order valence-corrected chi connectivity index (χ3v) is 4.71. The van der Waals surface area contributed by atoms with Gasteiger partial charge in [0.2, 0.25) is 0 Å². The SMILES string of the molecule is COc1ccccc1C(=O)Nc1nc(-c2ccc(C(C)C)cc2)cs1. The van der Waals surface area contributed by atoms with E-state index in [1.54, 1.807) is 25.3 Å². The number of hydrogen-bond acceptors (Lipinski definition) is 4. The highest BCUT2D eigenvalue weighted by Crippen LogP contribution is 2.27. The van der Waals surface area contributed by atoms with Crippen LogP contribution in [0.5, 0.6) is 5.75 Å². The molecule has 0 aliphatic rings. The first-order chi connectivity index (χ1) is 12.1. The van der Waals surface area contributed by atoms with Gasteiger partial charge in [-0.25, -0.2) is 4.98 Å². The molecule has 1 aromatic heterocycles. The van der Waals surface area contributed by atoms with Crippen LogP contribution in [0.3, 0.4) is 0 Å². The van der Waals surface area contributed by atoms with Crippen LogP contribution in [0.15, 0.2) is 53.9 Å². The molecule has 3 aromatic rings. The quantitative estimate of drug-likeness (QED) is 0.687. The van der Waals surface area contributed by atoms with E-state index in [0.29, 0.717) is 22.4 Å². The minimum absolute atomic E-state index is 0.228. The molecule has 0 saturated heterocycles. The Labute approximate surface area is 151 Å². The first-order valence-electron chi connectivity index (χ1n) is 8.08. The molecule has 1 amide bonds. The Kier molecular flexibility index (Phi) is 5.14. The van der Waals surface area contributed by atoms with Crippen LogP contribution in [-0.4, -0.2) is 18.0 Å². The van der Waals surface area contributed by atoms with Crippen molar-refractivity contribution >= 4 is 22.4 Å². The number of methoxy groups -OCH3 is 1. The van der Waals surface area contributed by atoms with Crippen LogP contribution < -0.4 is 10.1 Å². The van der Waals surface area contributed by atoms with Crippen molar-refractivity contribution < 1.29 is 9.53 Å². The zero-order valence-corrected chi connectivity index (χ0v) is 15.3. The summed E-state index contributed by atoms with van der Waals surface area (Å²) in [6.45, 7) is 4.34. The summed E-state index contributed by atoms with van der Waals surface area (Å²) in [6.07, 6.45) is 0. The smallest absolute Gasteiger partial charge is 0.261 e. The average molecular weight is 352 g/mol. The fraction of sp³-hybridized carbons (Fsp3) is 0.200. The molecule has 0 bridgehead atoms. The van der Waals surface area contributed by atoms with Gasteiger partial charge in [-0.2, -0.15) is 0 Å². The molecular formula is C20H20N2O2S. The van der Waals surface area contributed by atoms with Crippen molar-refractivity contribution in [1.82, 2.24) is 4.98 Å². The van der Waals surface area contributed by atoms with Crippen molar-refractivity contribution in [3.63, 3.8) is 0 Å². The van der Waals surface area contributed by atoms with E-state index in [4.69, 9.17) is 4.74 Å². The van der Waals surface area contributed by atoms with Crippen LogP contribution in [0, 0.1) is 0 Å². The molecule has 0 atom stereocenters. The van der Waals surface area contributed by atoms with Crippen LogP contribution in [0.25, 0.3) is 11.3 Å². The maximum atomic E-state index is 12.4. The lowest BCUT2D eigenvalue weighted by atomic mass is 10.0. The lowest BCUT2D eigenvalue weighted by Gasteiger charge is -2.07. The Morgan fingerprint density at radius 3 is 2.52 bits per heavy atom. The largest absolute Gasteiger partial charge is 0.496 e. The van der Waals surface area contributed by atoms with Gasteiger partial charge in [0.15, 0.2) is 5.13 Å². The average Bonchev–Trinajstić information content (AvgIpc) is 3.10. The predicted molar refractivity (Wildman–Crippen MR) is 103 cm³/mol. The Hall–Kier alpha value is -2.66. The predicted octanol–water partition coefficient (Wildman–Crippen LogP) is 5.19. The Balaban J connectivity index is 1.76. The Morgan fingerprint density at radius 1 is 1.12 bits per heavy atom. The van der Waals surface area contributed by atoms with Crippen LogP contribution in [-0.2, 0) is 0 Å². The number of thiazole rings is 1. The van der Waals surface area contributed by atoms with Gasteiger partial charge < -0.3 is 4.74 Å². The van der Waals surface area contributed by atoms with Gasteiger partial charge in [-0.15, -0.1) is 11.3 Å². The van der Waals surface area contributed by atoms with Crippen molar-refractivity contribution in [3.8, 4) is 17.0 Å². The molecule has 0 spiro atoms. The fourth-order valence-corrected chi connectivity index (χ4v) is 3.21. The van der Waals surface area contributed by atoms with E-state index in [2.05, 4.69) is 48.4 Å². The van der Waals surface area contributed by atoms with Gasteiger partial charge in [-0.3, -0.25) is 10.1 Å². The molecule has 1 heterocycles. The molecule has 0 aliphatic carbocycles. The zero-order chi connectivity index (χ0) is 17.8. The summed E-state index contributed by atoms with van der Waals surface area (Å²) in [5.74, 6) is 0.815. The molecule has 0 aliphatic heterocycles. The Morgan fingerprint density at radius 2 is 1.84 bits per heavy atom. The summed E-state index contributed by atoms with van der Waals surface area (Å²) in [4.78, 5) is 17.0. The van der Waals surface area contributed by atoms with Gasteiger partial charge >= 0.3 is 0 Å². The van der Waals surface area contributed by atoms with E-state index in [9.17, 15) is 4.79 Å². The minimum atomic E-state index is -0.228. The second-order valence-electron chi connectivity index (χ2n) is 5.97. The molecule has 2 aromatic carbocycles. The van der Waals surface area contributed by atoms with Crippen molar-refractivity contribution in [2.45, 2.75) is 19.8 Å². The molecule has 0 radical (unpaired) electrons. The summed E-state index contributed by atoms with van der Waals surface area (Å²) in [5.41, 5.74) is 3.68. The normalized spacial score (nSPS) is 10.7. The standard InChI is InChI=1S/C20H20N2O2S/c1-13(2)14-8-10-15(11-9-14)17-12-25-20(21-17)22-19(23)16-6-4-5-7-18(16)24-3/h4-13H,1-3H3,(H,21,22,23). The first-order valence-corrected chi connectivity index (χ1v) is 8.96. The van der Waals surface area contributed by atoms with Gasteiger partial charge in [-0.05, 0) is 23.6 Å². The number of amides is 1. The molecule has 0 unspecified atom stereocenters. The van der Waals surface area contributed by atoms with Gasteiger partial charge in [-0.1, -0.05) is 50.2 Å². The molecule has 3 rings (SSSR count). The second-order valence-corrected chi connectivity index (χ2v) is 6.83. The van der Waals surface area contributed by atoms with E-state index in [1.165, 1.54) is 16.9 Å². The molecule has 0 fully saturated rings. The number of aromatic nitrogens is 1. The third kappa shape index (κ3) is 3.88. The highest BCUT2D eigenvalue weighted by atomic mass is 32.1. The highest BCUT2D eigenvalue weighted by molar-refractivity contribution is 7.14.